The van der Waals surface area contributed by atoms with Gasteiger partial charge in [-0.2, -0.15) is 0 Å². The number of benzene rings is 1. The Labute approximate surface area is 344 Å². The van der Waals surface area contributed by atoms with Gasteiger partial charge in [0, 0.05) is 37.8 Å². The number of carbonyl (C=O) groups excluding carboxylic acids is 6. The van der Waals surface area contributed by atoms with E-state index in [1.165, 1.54) is 30.2 Å². The van der Waals surface area contributed by atoms with E-state index in [1.54, 1.807) is 32.2 Å². The zero-order chi connectivity index (χ0) is 43.0. The first-order valence-electron chi connectivity index (χ1n) is 20.1. The fraction of sp³-hybridized carbons (Fsp3) is 0.511. The highest BCUT2D eigenvalue weighted by Gasteiger charge is 2.35. The molecule has 2 rings (SSSR count). The average Bonchev–Trinajstić information content (AvgIpc) is 3.20. The highest BCUT2D eigenvalue weighted by molar-refractivity contribution is 5.90. The number of hydrogen-bond donors (Lipinski definition) is 4. The van der Waals surface area contributed by atoms with Crippen LogP contribution in [0.5, 0.6) is 0 Å². The van der Waals surface area contributed by atoms with Gasteiger partial charge in [-0.05, 0) is 69.6 Å². The molecule has 4 N–H and O–H groups in total. The van der Waals surface area contributed by atoms with Crippen LogP contribution in [0.15, 0.2) is 91.1 Å². The minimum Gasteiger partial charge on any atom is -0.458 e. The molecule has 0 radical (unpaired) electrons. The first-order chi connectivity index (χ1) is 27.7. The van der Waals surface area contributed by atoms with Crippen molar-refractivity contribution in [1.82, 2.24) is 21.1 Å². The second-order valence-corrected chi connectivity index (χ2v) is 15.0. The number of ketones is 1. The molecule has 1 heterocycles. The first kappa shape index (κ1) is 49.2. The van der Waals surface area contributed by atoms with Gasteiger partial charge in [-0.15, -0.1) is 0 Å². The molecule has 0 aliphatic carbocycles. The monoisotopic (exact) mass is 804 g/mol. The fourth-order valence-electron chi connectivity index (χ4n) is 6.41. The van der Waals surface area contributed by atoms with Crippen LogP contribution in [0.4, 0.5) is 0 Å². The largest absolute Gasteiger partial charge is 0.458 e. The zero-order valence-corrected chi connectivity index (χ0v) is 34.9. The van der Waals surface area contributed by atoms with Crippen LogP contribution >= 0.6 is 0 Å². The number of hydrogen-bond acceptors (Lipinski definition) is 11. The number of allylic oxidation sites excluding steroid dienone is 5. The van der Waals surface area contributed by atoms with E-state index < -0.39 is 48.2 Å². The predicted molar refractivity (Wildman–Crippen MR) is 224 cm³/mol. The summed E-state index contributed by atoms with van der Waals surface area (Å²) in [5, 5.41) is 18.0. The quantitative estimate of drug-likeness (QED) is 0.0355. The summed E-state index contributed by atoms with van der Waals surface area (Å²) < 4.78 is 11.0. The third kappa shape index (κ3) is 17.7. The van der Waals surface area contributed by atoms with Gasteiger partial charge in [0.2, 0.25) is 5.91 Å². The Hall–Kier alpha value is -4.98. The molecule has 1 aromatic rings. The zero-order valence-electron chi connectivity index (χ0n) is 34.9. The Balaban J connectivity index is 2.21. The number of ether oxygens (including phenoxy) is 2. The third-order valence-corrected chi connectivity index (χ3v) is 9.86. The highest BCUT2D eigenvalue weighted by atomic mass is 16.5. The fourth-order valence-corrected chi connectivity index (χ4v) is 6.41. The van der Waals surface area contributed by atoms with Gasteiger partial charge >= 0.3 is 11.9 Å². The number of rotatable bonds is 25. The highest BCUT2D eigenvalue weighted by Crippen LogP contribution is 2.21. The molecule has 13 heteroatoms. The maximum absolute atomic E-state index is 14.0. The van der Waals surface area contributed by atoms with Crippen molar-refractivity contribution in [3.8, 4) is 0 Å². The maximum Gasteiger partial charge on any atom is 0.331 e. The van der Waals surface area contributed by atoms with Crippen molar-refractivity contribution in [2.45, 2.75) is 110 Å². The summed E-state index contributed by atoms with van der Waals surface area (Å²) in [5.41, 5.74) is 4.58. The van der Waals surface area contributed by atoms with E-state index in [4.69, 9.17) is 9.47 Å². The molecule has 318 valence electrons. The van der Waals surface area contributed by atoms with E-state index in [0.717, 1.165) is 5.56 Å². The van der Waals surface area contributed by atoms with Gasteiger partial charge in [0.15, 0.2) is 0 Å². The number of hydrazine groups is 1. The number of aliphatic hydroxyl groups is 1. The smallest absolute Gasteiger partial charge is 0.331 e. The predicted octanol–water partition coefficient (Wildman–Crippen LogP) is 4.67. The second kappa shape index (κ2) is 26.8. The van der Waals surface area contributed by atoms with E-state index in [0.29, 0.717) is 44.1 Å². The minimum atomic E-state index is -0.891. The van der Waals surface area contributed by atoms with E-state index in [9.17, 15) is 33.9 Å². The lowest BCUT2D eigenvalue weighted by atomic mass is 9.87. The van der Waals surface area contributed by atoms with Crippen molar-refractivity contribution in [2.75, 3.05) is 20.2 Å². The van der Waals surface area contributed by atoms with E-state index in [1.807, 2.05) is 63.3 Å². The first-order valence-corrected chi connectivity index (χ1v) is 20.1. The number of aliphatic hydroxyl groups excluding tert-OH is 1. The van der Waals surface area contributed by atoms with Crippen LogP contribution in [-0.2, 0) is 44.7 Å². The Bertz CT molecular complexity index is 1620. The number of nitrogens with zero attached hydrogens (tertiary/aromatic N) is 1. The van der Waals surface area contributed by atoms with Crippen molar-refractivity contribution in [3.63, 3.8) is 0 Å². The average molecular weight is 805 g/mol. The van der Waals surface area contributed by atoms with Crippen LogP contribution in [-0.4, -0.2) is 96.5 Å². The molecule has 1 aliphatic rings. The van der Waals surface area contributed by atoms with Gasteiger partial charge in [-0.1, -0.05) is 100 Å². The molecule has 0 spiro atoms. The summed E-state index contributed by atoms with van der Waals surface area (Å²) in [6, 6.07) is 7.17. The normalized spacial score (nSPS) is 18.0. The second-order valence-electron chi connectivity index (χ2n) is 15.0. The molecule has 58 heavy (non-hydrogen) atoms. The van der Waals surface area contributed by atoms with Gasteiger partial charge in [-0.25, -0.2) is 10.2 Å². The number of carbonyl (C=O) groups is 6. The van der Waals surface area contributed by atoms with Crippen molar-refractivity contribution in [2.24, 2.45) is 17.8 Å². The lowest BCUT2D eigenvalue weighted by molar-refractivity contribution is -0.156. The van der Waals surface area contributed by atoms with Crippen LogP contribution in [0.2, 0.25) is 0 Å². The molecule has 1 aliphatic heterocycles. The molecule has 7 atom stereocenters. The number of nitrogens with one attached hydrogen (secondary N) is 3. The molecular weight excluding hydrogens is 741 g/mol. The SMILES string of the molecule is C=CCOC(=O)/C=C/C=C(\C)[C@H](C/C=C/C=C/CC(C)C(O)C(C=O)CCC(C)=O)OC(=O)C1CCCN(C(=O)C(Cc2ccccc2)NC(=O)C(NC)C(C)C)N1. The van der Waals surface area contributed by atoms with Gasteiger partial charge < -0.3 is 34.8 Å². The van der Waals surface area contributed by atoms with Gasteiger partial charge in [0.1, 0.15) is 36.9 Å². The molecule has 0 saturated carbocycles. The molecule has 13 nitrogen and oxygen atoms in total. The molecule has 1 aromatic carbocycles. The van der Waals surface area contributed by atoms with Crippen molar-refractivity contribution < 1.29 is 43.3 Å². The summed E-state index contributed by atoms with van der Waals surface area (Å²) >= 11 is 0. The van der Waals surface area contributed by atoms with Crippen molar-refractivity contribution >= 4 is 35.8 Å². The van der Waals surface area contributed by atoms with Crippen molar-refractivity contribution in [1.29, 1.82) is 0 Å². The van der Waals surface area contributed by atoms with E-state index in [2.05, 4.69) is 22.6 Å². The minimum absolute atomic E-state index is 0.0160. The molecule has 0 bridgehead atoms. The summed E-state index contributed by atoms with van der Waals surface area (Å²) in [6.07, 6.45) is 14.8. The van der Waals surface area contributed by atoms with E-state index in [-0.39, 0.29) is 55.3 Å². The number of esters is 2. The van der Waals surface area contributed by atoms with Gasteiger partial charge in [0.05, 0.1) is 12.1 Å². The molecule has 6 unspecified atom stereocenters. The van der Waals surface area contributed by atoms with Gasteiger partial charge in [-0.3, -0.25) is 19.4 Å². The standard InChI is InChI=1S/C45H64N4O9/c1-8-28-57-40(52)24-16-19-32(4)39(23-15-10-9-12-18-33(5)42(53)36(30-50)26-25-34(6)51)58-45(56)37-22-17-27-49(48-37)44(55)38(29-35-20-13-11-14-21-35)47-43(54)41(46-7)31(2)3/h8-16,19-21,24,30-31,33,36-39,41-42,46,48,53H,1,17-18,22-23,25-29H2,2-7H3,(H,47,54)/b12-9+,15-10+,24-16+,32-19+/t33?,36?,37?,38?,39-,41?,42?/m0/s1. The molecule has 2 amide bonds. The van der Waals surface area contributed by atoms with Crippen LogP contribution in [0, 0.1) is 17.8 Å². The lowest BCUT2D eigenvalue weighted by Crippen LogP contribution is -2.61. The number of amides is 2. The summed E-state index contributed by atoms with van der Waals surface area (Å²) in [6.45, 7) is 12.8. The Kier molecular flexibility index (Phi) is 22.8. The lowest BCUT2D eigenvalue weighted by Gasteiger charge is -2.36. The maximum atomic E-state index is 14.0. The summed E-state index contributed by atoms with van der Waals surface area (Å²) in [7, 11) is 1.70. The Morgan fingerprint density at radius 2 is 1.72 bits per heavy atom. The Morgan fingerprint density at radius 1 is 1.03 bits per heavy atom. The molecule has 1 fully saturated rings. The van der Waals surface area contributed by atoms with Crippen molar-refractivity contribution in [3.05, 3.63) is 96.7 Å². The summed E-state index contributed by atoms with van der Waals surface area (Å²) in [4.78, 5) is 75.9. The number of Topliss-reactive ketones (excluding diaryl/α,β-unsaturated/α-hetero) is 1. The van der Waals surface area contributed by atoms with Crippen LogP contribution < -0.4 is 16.1 Å². The topological polar surface area (TPSA) is 180 Å². The molecular formula is C45H64N4O9. The van der Waals surface area contributed by atoms with Crippen LogP contribution in [0.1, 0.15) is 78.7 Å². The number of likely N-dealkylation sites (N-methyl/N-ethyl adjacent to an activating group) is 1. The molecule has 1 saturated heterocycles. The Morgan fingerprint density at radius 3 is 2.34 bits per heavy atom. The number of aldehydes is 1. The van der Waals surface area contributed by atoms with E-state index >= 15 is 0 Å². The van der Waals surface area contributed by atoms with Crippen LogP contribution in [0.3, 0.4) is 0 Å². The van der Waals surface area contributed by atoms with Gasteiger partial charge in [0.25, 0.3) is 5.91 Å². The molecule has 0 aromatic heterocycles. The third-order valence-electron chi connectivity index (χ3n) is 9.86. The summed E-state index contributed by atoms with van der Waals surface area (Å²) in [5.74, 6) is -2.67. The van der Waals surface area contributed by atoms with Crippen LogP contribution in [0.25, 0.3) is 0 Å².